The first-order chi connectivity index (χ1) is 31.4. The van der Waals surface area contributed by atoms with Crippen molar-refractivity contribution in [1.82, 2.24) is 0 Å². The van der Waals surface area contributed by atoms with E-state index in [1.165, 1.54) is 173 Å². The van der Waals surface area contributed by atoms with Gasteiger partial charge in [-0.2, -0.15) is 0 Å². The van der Waals surface area contributed by atoms with Crippen LogP contribution in [0.1, 0.15) is 245 Å². The first kappa shape index (κ1) is 60.4. The maximum atomic E-state index is 12.8. The number of allylic oxidation sites excluding steroid dienone is 6. The van der Waals surface area contributed by atoms with Gasteiger partial charge in [0.1, 0.15) is 30.5 Å². The molecule has 1 rings (SSSR count). The molecule has 1 saturated heterocycles. The van der Waals surface area contributed by atoms with E-state index in [1.807, 2.05) is 0 Å². The quantitative estimate of drug-likeness (QED) is 0.0267. The van der Waals surface area contributed by atoms with Crippen molar-refractivity contribution in [3.8, 4) is 0 Å². The number of aliphatic hydroxyl groups is 4. The molecule has 0 bridgehead atoms. The van der Waals surface area contributed by atoms with Gasteiger partial charge in [-0.15, -0.1) is 0 Å². The van der Waals surface area contributed by atoms with Crippen LogP contribution in [0, 0.1) is 0 Å². The van der Waals surface area contributed by atoms with Crippen molar-refractivity contribution in [2.45, 2.75) is 282 Å². The molecule has 6 atom stereocenters. The summed E-state index contributed by atoms with van der Waals surface area (Å²) >= 11 is 0. The lowest BCUT2D eigenvalue weighted by molar-refractivity contribution is -0.305. The Morgan fingerprint density at radius 3 is 1.36 bits per heavy atom. The van der Waals surface area contributed by atoms with Crippen LogP contribution in [0.3, 0.4) is 0 Å². The largest absolute Gasteiger partial charge is 0.457 e. The van der Waals surface area contributed by atoms with Crippen LogP contribution >= 0.6 is 0 Å². The van der Waals surface area contributed by atoms with E-state index in [0.717, 1.165) is 51.4 Å². The van der Waals surface area contributed by atoms with Crippen molar-refractivity contribution in [1.29, 1.82) is 0 Å². The topological polar surface area (TPSA) is 135 Å². The molecule has 4 N–H and O–H groups in total. The molecule has 1 fully saturated rings. The maximum Gasteiger partial charge on any atom is 0.306 e. The summed E-state index contributed by atoms with van der Waals surface area (Å²) in [5.41, 5.74) is 0. The van der Waals surface area contributed by atoms with Crippen LogP contribution in [-0.2, 0) is 23.7 Å². The fourth-order valence-electron chi connectivity index (χ4n) is 8.28. The molecule has 64 heavy (non-hydrogen) atoms. The van der Waals surface area contributed by atoms with Gasteiger partial charge < -0.3 is 39.4 Å². The van der Waals surface area contributed by atoms with E-state index in [-0.39, 0.29) is 19.2 Å². The van der Waals surface area contributed by atoms with Gasteiger partial charge in [-0.3, -0.25) is 4.79 Å². The molecule has 0 aromatic carbocycles. The summed E-state index contributed by atoms with van der Waals surface area (Å²) in [5.74, 6) is -0.319. The molecule has 0 spiro atoms. The smallest absolute Gasteiger partial charge is 0.306 e. The van der Waals surface area contributed by atoms with Crippen molar-refractivity contribution in [2.24, 2.45) is 0 Å². The predicted molar refractivity (Wildman–Crippen MR) is 265 cm³/mol. The highest BCUT2D eigenvalue weighted by Crippen LogP contribution is 2.23. The predicted octanol–water partition coefficient (Wildman–Crippen LogP) is 13.5. The Morgan fingerprint density at radius 1 is 0.500 bits per heavy atom. The van der Waals surface area contributed by atoms with E-state index in [1.54, 1.807) is 0 Å². The standard InChI is InChI=1S/C55H102O9/c1-3-5-7-9-11-13-15-17-19-20-21-22-23-24-25-26-27-28-29-31-33-35-37-39-41-43-45-61-47-49(48-62-55-54(60)53(59)52(58)50(46-56)64-55)63-51(57)44-42-40-38-36-34-32-30-18-16-14-12-10-8-6-4-2/h15,17-18,20-21,30,49-50,52-56,58-60H,3-14,16,19,22-29,31-48H2,1-2H3/b17-15-,21-20-,30-18-. The van der Waals surface area contributed by atoms with Gasteiger partial charge in [0.2, 0.25) is 0 Å². The molecule has 9 heteroatoms. The van der Waals surface area contributed by atoms with Gasteiger partial charge in [0.05, 0.1) is 19.8 Å². The minimum atomic E-state index is -1.54. The van der Waals surface area contributed by atoms with E-state index in [4.69, 9.17) is 18.9 Å². The highest BCUT2D eigenvalue weighted by Gasteiger charge is 2.44. The summed E-state index contributed by atoms with van der Waals surface area (Å²) in [5, 5.41) is 40.3. The number of esters is 1. The van der Waals surface area contributed by atoms with Crippen LogP contribution < -0.4 is 0 Å². The van der Waals surface area contributed by atoms with Gasteiger partial charge in [-0.1, -0.05) is 204 Å². The summed E-state index contributed by atoms with van der Waals surface area (Å²) in [6.45, 7) is 4.56. The van der Waals surface area contributed by atoms with E-state index >= 15 is 0 Å². The highest BCUT2D eigenvalue weighted by atomic mass is 16.7. The number of hydrogen-bond acceptors (Lipinski definition) is 9. The Labute approximate surface area is 393 Å². The Bertz CT molecular complexity index is 1080. The van der Waals surface area contributed by atoms with Crippen LogP contribution in [0.2, 0.25) is 0 Å². The molecule has 1 aliphatic heterocycles. The van der Waals surface area contributed by atoms with Gasteiger partial charge in [-0.25, -0.2) is 0 Å². The fourth-order valence-corrected chi connectivity index (χ4v) is 8.28. The summed E-state index contributed by atoms with van der Waals surface area (Å²) < 4.78 is 22.9. The average Bonchev–Trinajstić information content (AvgIpc) is 3.30. The zero-order valence-electron chi connectivity index (χ0n) is 41.5. The number of unbranched alkanes of at least 4 members (excludes halogenated alkanes) is 30. The van der Waals surface area contributed by atoms with Gasteiger partial charge in [0.25, 0.3) is 0 Å². The summed E-state index contributed by atoms with van der Waals surface area (Å²) in [6.07, 6.45) is 50.4. The van der Waals surface area contributed by atoms with Crippen LogP contribution in [0.5, 0.6) is 0 Å². The molecule has 0 aromatic rings. The number of rotatable bonds is 47. The van der Waals surface area contributed by atoms with Crippen molar-refractivity contribution in [3.63, 3.8) is 0 Å². The lowest BCUT2D eigenvalue weighted by atomic mass is 9.99. The average molecular weight is 907 g/mol. The van der Waals surface area contributed by atoms with Crippen molar-refractivity contribution in [2.75, 3.05) is 26.4 Å². The fraction of sp³-hybridized carbons (Fsp3) is 0.873. The van der Waals surface area contributed by atoms with Gasteiger partial charge >= 0.3 is 5.97 Å². The van der Waals surface area contributed by atoms with Crippen LogP contribution in [0.15, 0.2) is 36.5 Å². The normalized spacial score (nSPS) is 19.8. The Morgan fingerprint density at radius 2 is 0.906 bits per heavy atom. The van der Waals surface area contributed by atoms with Crippen LogP contribution in [0.4, 0.5) is 0 Å². The number of aliphatic hydroxyl groups excluding tert-OH is 4. The number of hydrogen-bond donors (Lipinski definition) is 4. The third kappa shape index (κ3) is 36.5. The van der Waals surface area contributed by atoms with E-state index in [2.05, 4.69) is 50.3 Å². The second-order valence-corrected chi connectivity index (χ2v) is 18.7. The lowest BCUT2D eigenvalue weighted by Crippen LogP contribution is -2.59. The van der Waals surface area contributed by atoms with E-state index < -0.39 is 43.4 Å². The minimum absolute atomic E-state index is 0.115. The Hall–Kier alpha value is -1.59. The van der Waals surface area contributed by atoms with E-state index in [9.17, 15) is 25.2 Å². The maximum absolute atomic E-state index is 12.8. The van der Waals surface area contributed by atoms with Crippen LogP contribution in [-0.4, -0.2) is 89.6 Å². The molecule has 0 aliphatic carbocycles. The summed E-state index contributed by atoms with van der Waals surface area (Å²) in [4.78, 5) is 12.8. The SMILES string of the molecule is CCCCCCC/C=C\C/C=C\CCCCCCCCCCCCCCCCOCC(COC1OC(CO)C(O)C(O)C1O)OC(=O)CCCCCCC/C=C\CCCCCCCC. The summed E-state index contributed by atoms with van der Waals surface area (Å²) in [6, 6.07) is 0. The Kier molecular flexibility index (Phi) is 43.9. The third-order valence-corrected chi connectivity index (χ3v) is 12.5. The molecule has 6 unspecified atom stereocenters. The number of carbonyl (C=O) groups excluding carboxylic acids is 1. The number of ether oxygens (including phenoxy) is 4. The first-order valence-corrected chi connectivity index (χ1v) is 27.1. The van der Waals surface area contributed by atoms with Crippen molar-refractivity contribution >= 4 is 5.97 Å². The molecule has 0 amide bonds. The molecular weight excluding hydrogens is 805 g/mol. The van der Waals surface area contributed by atoms with Crippen molar-refractivity contribution < 1.29 is 44.2 Å². The molecule has 376 valence electrons. The molecule has 9 nitrogen and oxygen atoms in total. The van der Waals surface area contributed by atoms with Gasteiger partial charge in [0, 0.05) is 13.0 Å². The van der Waals surface area contributed by atoms with Gasteiger partial charge in [0.15, 0.2) is 6.29 Å². The zero-order chi connectivity index (χ0) is 46.4. The van der Waals surface area contributed by atoms with Gasteiger partial charge in [-0.05, 0) is 70.6 Å². The monoisotopic (exact) mass is 907 g/mol. The molecule has 0 saturated carbocycles. The molecular formula is C55H102O9. The molecule has 1 heterocycles. The second-order valence-electron chi connectivity index (χ2n) is 18.7. The first-order valence-electron chi connectivity index (χ1n) is 27.1. The molecule has 0 radical (unpaired) electrons. The summed E-state index contributed by atoms with van der Waals surface area (Å²) in [7, 11) is 0. The Balaban J connectivity index is 2.15. The molecule has 1 aliphatic rings. The van der Waals surface area contributed by atoms with E-state index in [0.29, 0.717) is 13.0 Å². The highest BCUT2D eigenvalue weighted by molar-refractivity contribution is 5.69. The molecule has 0 aromatic heterocycles. The van der Waals surface area contributed by atoms with Crippen molar-refractivity contribution in [3.05, 3.63) is 36.5 Å². The minimum Gasteiger partial charge on any atom is -0.457 e. The lowest BCUT2D eigenvalue weighted by Gasteiger charge is -2.39. The third-order valence-electron chi connectivity index (χ3n) is 12.5. The van der Waals surface area contributed by atoms with Crippen LogP contribution in [0.25, 0.3) is 0 Å². The zero-order valence-corrected chi connectivity index (χ0v) is 41.5. The second kappa shape index (κ2) is 46.5. The number of carbonyl (C=O) groups is 1.